The maximum atomic E-state index is 13.2. The highest BCUT2D eigenvalue weighted by Gasteiger charge is 2.14. The second-order valence-electron chi connectivity index (χ2n) is 9.04. The van der Waals surface area contributed by atoms with E-state index in [-0.39, 0.29) is 5.43 Å². The number of nitrogens with zero attached hydrogens (tertiary/aromatic N) is 3. The molecule has 0 atom stereocenters. The number of fused-ring (bicyclic) bond motifs is 2. The number of hydrogen-bond acceptors (Lipinski definition) is 5. The van der Waals surface area contributed by atoms with Crippen molar-refractivity contribution in [2.45, 2.75) is 25.7 Å². The SMILES string of the molecule is Cn1c2ccc(OCCCN3CCC3)cc2c(=O)c2ccc(OCCCN3CCC3)cc21. The highest BCUT2D eigenvalue weighted by atomic mass is 16.5. The highest BCUT2D eigenvalue weighted by molar-refractivity contribution is 5.94. The summed E-state index contributed by atoms with van der Waals surface area (Å²) < 4.78 is 14.0. The summed E-state index contributed by atoms with van der Waals surface area (Å²) in [6.45, 7) is 8.42. The molecule has 0 bridgehead atoms. The molecule has 2 aromatic carbocycles. The van der Waals surface area contributed by atoms with Crippen molar-refractivity contribution in [1.29, 1.82) is 0 Å². The van der Waals surface area contributed by atoms with Gasteiger partial charge in [-0.05, 0) is 82.2 Å². The molecule has 5 rings (SSSR count). The van der Waals surface area contributed by atoms with Crippen LogP contribution in [0.3, 0.4) is 0 Å². The first kappa shape index (κ1) is 21.3. The Kier molecular flexibility index (Phi) is 6.32. The predicted octanol–water partition coefficient (Wildman–Crippen LogP) is 3.64. The van der Waals surface area contributed by atoms with Crippen molar-refractivity contribution >= 4 is 21.8 Å². The Morgan fingerprint density at radius 2 is 1.34 bits per heavy atom. The van der Waals surface area contributed by atoms with E-state index < -0.39 is 0 Å². The van der Waals surface area contributed by atoms with Crippen molar-refractivity contribution in [2.75, 3.05) is 52.5 Å². The molecule has 0 spiro atoms. The largest absolute Gasteiger partial charge is 0.494 e. The summed E-state index contributed by atoms with van der Waals surface area (Å²) in [5.41, 5.74) is 1.85. The first-order chi connectivity index (χ1) is 15.7. The molecule has 2 aliphatic heterocycles. The van der Waals surface area contributed by atoms with E-state index in [0.717, 1.165) is 48.5 Å². The van der Waals surface area contributed by atoms with E-state index in [9.17, 15) is 4.79 Å². The van der Waals surface area contributed by atoms with E-state index in [1.807, 2.05) is 43.4 Å². The Labute approximate surface area is 189 Å². The fourth-order valence-electron chi connectivity index (χ4n) is 4.59. The molecule has 0 radical (unpaired) electrons. The van der Waals surface area contributed by atoms with E-state index in [4.69, 9.17) is 9.47 Å². The van der Waals surface area contributed by atoms with Gasteiger partial charge in [-0.3, -0.25) is 4.79 Å². The van der Waals surface area contributed by atoms with Gasteiger partial charge in [0.15, 0.2) is 5.43 Å². The predicted molar refractivity (Wildman–Crippen MR) is 129 cm³/mol. The topological polar surface area (TPSA) is 46.9 Å². The van der Waals surface area contributed by atoms with Crippen molar-refractivity contribution in [2.24, 2.45) is 7.05 Å². The summed E-state index contributed by atoms with van der Waals surface area (Å²) in [6.07, 6.45) is 4.67. The Morgan fingerprint density at radius 1 is 0.750 bits per heavy atom. The molecule has 2 saturated heterocycles. The lowest BCUT2D eigenvalue weighted by molar-refractivity contribution is 0.165. The van der Waals surface area contributed by atoms with Crippen LogP contribution >= 0.6 is 0 Å². The van der Waals surface area contributed by atoms with E-state index in [1.54, 1.807) is 0 Å². The molecule has 32 heavy (non-hydrogen) atoms. The lowest BCUT2D eigenvalue weighted by Gasteiger charge is -2.30. The molecule has 2 aliphatic rings. The number of likely N-dealkylation sites (tertiary alicyclic amines) is 2. The minimum Gasteiger partial charge on any atom is -0.494 e. The van der Waals surface area contributed by atoms with Gasteiger partial charge in [-0.2, -0.15) is 0 Å². The third-order valence-corrected chi connectivity index (χ3v) is 6.82. The number of rotatable bonds is 10. The van der Waals surface area contributed by atoms with Crippen molar-refractivity contribution in [3.8, 4) is 11.5 Å². The van der Waals surface area contributed by atoms with Gasteiger partial charge in [0.2, 0.25) is 0 Å². The van der Waals surface area contributed by atoms with E-state index in [0.29, 0.717) is 24.0 Å². The summed E-state index contributed by atoms with van der Waals surface area (Å²) in [6, 6.07) is 11.6. The van der Waals surface area contributed by atoms with Gasteiger partial charge in [0.25, 0.3) is 0 Å². The maximum absolute atomic E-state index is 13.2. The second kappa shape index (κ2) is 9.51. The Morgan fingerprint density at radius 3 is 1.94 bits per heavy atom. The van der Waals surface area contributed by atoms with Crippen molar-refractivity contribution < 1.29 is 9.47 Å². The lowest BCUT2D eigenvalue weighted by Crippen LogP contribution is -2.38. The van der Waals surface area contributed by atoms with Gasteiger partial charge >= 0.3 is 0 Å². The monoisotopic (exact) mass is 435 g/mol. The number of pyridine rings is 1. The Balaban J connectivity index is 1.29. The normalized spacial score (nSPS) is 16.8. The molecule has 2 fully saturated rings. The van der Waals surface area contributed by atoms with Gasteiger partial charge in [-0.1, -0.05) is 0 Å². The zero-order chi connectivity index (χ0) is 21.9. The van der Waals surface area contributed by atoms with Crippen LogP contribution in [0.4, 0.5) is 0 Å². The Bertz CT molecular complexity index is 1150. The van der Waals surface area contributed by atoms with E-state index >= 15 is 0 Å². The average Bonchev–Trinajstić information content (AvgIpc) is 2.74. The summed E-state index contributed by atoms with van der Waals surface area (Å²) in [4.78, 5) is 18.1. The highest BCUT2D eigenvalue weighted by Crippen LogP contribution is 2.25. The number of aromatic nitrogens is 1. The first-order valence-corrected chi connectivity index (χ1v) is 12.0. The first-order valence-electron chi connectivity index (χ1n) is 12.0. The minimum atomic E-state index is 0.0449. The van der Waals surface area contributed by atoms with Gasteiger partial charge in [0, 0.05) is 37.0 Å². The van der Waals surface area contributed by atoms with Crippen LogP contribution in [0.5, 0.6) is 11.5 Å². The molecule has 0 N–H and O–H groups in total. The smallest absolute Gasteiger partial charge is 0.197 e. The van der Waals surface area contributed by atoms with Crippen molar-refractivity contribution in [1.82, 2.24) is 14.4 Å². The van der Waals surface area contributed by atoms with Crippen molar-refractivity contribution in [3.63, 3.8) is 0 Å². The minimum absolute atomic E-state index is 0.0449. The van der Waals surface area contributed by atoms with Crippen LogP contribution in [0.15, 0.2) is 41.2 Å². The molecule has 3 heterocycles. The summed E-state index contributed by atoms with van der Waals surface area (Å²) in [7, 11) is 2.01. The zero-order valence-corrected chi connectivity index (χ0v) is 19.0. The molecular formula is C26H33N3O3. The maximum Gasteiger partial charge on any atom is 0.197 e. The third-order valence-electron chi connectivity index (χ3n) is 6.82. The molecule has 6 heteroatoms. The molecule has 6 nitrogen and oxygen atoms in total. The van der Waals surface area contributed by atoms with E-state index in [1.165, 1.54) is 39.0 Å². The fourth-order valence-corrected chi connectivity index (χ4v) is 4.59. The lowest BCUT2D eigenvalue weighted by atomic mass is 10.1. The summed E-state index contributed by atoms with van der Waals surface area (Å²) >= 11 is 0. The van der Waals surface area contributed by atoms with Crippen LogP contribution in [0, 0.1) is 0 Å². The van der Waals surface area contributed by atoms with Crippen LogP contribution in [-0.2, 0) is 7.05 Å². The van der Waals surface area contributed by atoms with Crippen LogP contribution in [0.1, 0.15) is 25.7 Å². The van der Waals surface area contributed by atoms with E-state index in [2.05, 4.69) is 14.4 Å². The third kappa shape index (κ3) is 4.48. The molecule has 3 aromatic rings. The molecule has 1 aromatic heterocycles. The average molecular weight is 436 g/mol. The molecule has 0 aliphatic carbocycles. The van der Waals surface area contributed by atoms with Gasteiger partial charge in [0.05, 0.1) is 24.2 Å². The van der Waals surface area contributed by atoms with Crippen LogP contribution < -0.4 is 14.9 Å². The fraction of sp³-hybridized carbons (Fsp3) is 0.500. The second-order valence-corrected chi connectivity index (χ2v) is 9.04. The van der Waals surface area contributed by atoms with Crippen molar-refractivity contribution in [3.05, 3.63) is 46.6 Å². The van der Waals surface area contributed by atoms with Gasteiger partial charge in [-0.25, -0.2) is 0 Å². The number of benzene rings is 2. The summed E-state index contributed by atoms with van der Waals surface area (Å²) in [5.74, 6) is 1.58. The van der Waals surface area contributed by atoms with Crippen LogP contribution in [0.25, 0.3) is 21.8 Å². The molecule has 0 unspecified atom stereocenters. The zero-order valence-electron chi connectivity index (χ0n) is 19.0. The Hall–Kier alpha value is -2.57. The number of hydrogen-bond donors (Lipinski definition) is 0. The van der Waals surface area contributed by atoms with Crippen LogP contribution in [-0.4, -0.2) is 66.8 Å². The van der Waals surface area contributed by atoms with Gasteiger partial charge in [-0.15, -0.1) is 0 Å². The molecule has 0 saturated carbocycles. The molecule has 0 amide bonds. The van der Waals surface area contributed by atoms with Gasteiger partial charge in [0.1, 0.15) is 11.5 Å². The quantitative estimate of drug-likeness (QED) is 0.359. The molecule has 170 valence electrons. The summed E-state index contributed by atoms with van der Waals surface area (Å²) in [5, 5.41) is 1.41. The number of aryl methyl sites for hydroxylation is 1. The number of ether oxygens (including phenoxy) is 2. The molecular weight excluding hydrogens is 402 g/mol. The standard InChI is InChI=1S/C26H33N3O3/c1-27-24-9-7-20(31-16-4-14-28-10-2-11-28)18-23(24)26(30)22-8-6-21(19-25(22)27)32-17-5-15-29-12-3-13-29/h6-9,18-19H,2-5,10-17H2,1H3. The van der Waals surface area contributed by atoms with Gasteiger partial charge < -0.3 is 23.8 Å². The van der Waals surface area contributed by atoms with Crippen LogP contribution in [0.2, 0.25) is 0 Å².